The summed E-state index contributed by atoms with van der Waals surface area (Å²) in [7, 11) is 0. The Balaban J connectivity index is 1.45. The number of hydrogen-bond acceptors (Lipinski definition) is 7. The molecule has 244 valence electrons. The highest BCUT2D eigenvalue weighted by Crippen LogP contribution is 2.41. The van der Waals surface area contributed by atoms with E-state index in [1.165, 1.54) is 11.8 Å². The van der Waals surface area contributed by atoms with Gasteiger partial charge in [-0.3, -0.25) is 24.5 Å². The largest absolute Gasteiger partial charge is 0.516 e. The first kappa shape index (κ1) is 31.9. The molecule has 1 amide bonds. The van der Waals surface area contributed by atoms with Crippen LogP contribution in [0.2, 0.25) is 0 Å². The summed E-state index contributed by atoms with van der Waals surface area (Å²) in [6.45, 7) is 9.70. The fourth-order valence-electron chi connectivity index (χ4n) is 6.90. The number of hydrogen-bond donors (Lipinski definition) is 8. The molecule has 0 saturated carbocycles. The number of aliphatic carboxylic acids is 2. The number of aromatic amines is 2. The van der Waals surface area contributed by atoms with Crippen LogP contribution in [0.1, 0.15) is 53.4 Å². The Labute approximate surface area is 269 Å². The van der Waals surface area contributed by atoms with Crippen LogP contribution in [0.25, 0.3) is 18.2 Å². The molecule has 1 spiro atoms. The zero-order valence-corrected chi connectivity index (χ0v) is 26.8. The van der Waals surface area contributed by atoms with Crippen LogP contribution in [0.5, 0.6) is 0 Å². The Morgan fingerprint density at radius 2 is 1.72 bits per heavy atom. The highest BCUT2D eigenvalue weighted by molar-refractivity contribution is 7.86. The van der Waals surface area contributed by atoms with Gasteiger partial charge in [-0.1, -0.05) is 13.0 Å². The van der Waals surface area contributed by atoms with Crippen LogP contribution in [0, 0.1) is 31.6 Å². The zero-order chi connectivity index (χ0) is 32.9. The summed E-state index contributed by atoms with van der Waals surface area (Å²) in [6.07, 6.45) is 9.00. The van der Waals surface area contributed by atoms with Crippen LogP contribution in [-0.2, 0) is 43.8 Å². The lowest BCUT2D eigenvalue weighted by atomic mass is 9.91. The molecule has 0 radical (unpaired) electrons. The van der Waals surface area contributed by atoms with Crippen molar-refractivity contribution in [1.82, 2.24) is 26.1 Å². The van der Waals surface area contributed by atoms with Gasteiger partial charge in [-0.15, -0.1) is 6.58 Å². The van der Waals surface area contributed by atoms with Gasteiger partial charge < -0.3 is 30.6 Å². The maximum Gasteiger partial charge on any atom is 0.303 e. The highest BCUT2D eigenvalue weighted by atomic mass is 32.2. The second-order valence-electron chi connectivity index (χ2n) is 12.5. The molecule has 0 aliphatic carbocycles. The van der Waals surface area contributed by atoms with E-state index in [2.05, 4.69) is 32.7 Å². The van der Waals surface area contributed by atoms with E-state index in [0.29, 0.717) is 21.9 Å². The van der Waals surface area contributed by atoms with E-state index in [9.17, 15) is 29.7 Å². The van der Waals surface area contributed by atoms with E-state index in [-0.39, 0.29) is 49.3 Å². The van der Waals surface area contributed by atoms with Gasteiger partial charge in [0.15, 0.2) is 11.0 Å². The Bertz CT molecular complexity index is 1800. The summed E-state index contributed by atoms with van der Waals surface area (Å²) in [4.78, 5) is 48.2. The van der Waals surface area contributed by atoms with Crippen LogP contribution in [0.3, 0.4) is 0 Å². The maximum absolute atomic E-state index is 12.6. The van der Waals surface area contributed by atoms with Crippen LogP contribution < -0.4 is 26.8 Å². The Morgan fingerprint density at radius 3 is 2.30 bits per heavy atom. The van der Waals surface area contributed by atoms with Crippen molar-refractivity contribution in [1.29, 1.82) is 0 Å². The minimum atomic E-state index is -0.919. The van der Waals surface area contributed by atoms with Crippen LogP contribution in [0.15, 0.2) is 30.2 Å². The lowest BCUT2D eigenvalue weighted by molar-refractivity contribution is -0.138. The summed E-state index contributed by atoms with van der Waals surface area (Å²) in [5, 5.41) is 37.4. The van der Waals surface area contributed by atoms with Crippen molar-refractivity contribution in [2.45, 2.75) is 63.6 Å². The van der Waals surface area contributed by atoms with E-state index < -0.39 is 23.8 Å². The number of nitrogens with one attached hydrogen (secondary N) is 5. The van der Waals surface area contributed by atoms with E-state index >= 15 is 0 Å². The third-order valence-electron chi connectivity index (χ3n) is 9.62. The third kappa shape index (κ3) is 5.95. The van der Waals surface area contributed by atoms with Gasteiger partial charge in [-0.25, -0.2) is 0 Å². The average molecular weight is 651 g/mol. The van der Waals surface area contributed by atoms with E-state index in [1.54, 1.807) is 6.08 Å². The lowest BCUT2D eigenvalue weighted by Gasteiger charge is -2.08. The van der Waals surface area contributed by atoms with Gasteiger partial charge in [0.05, 0.1) is 24.1 Å². The molecule has 0 bridgehead atoms. The first-order valence-corrected chi connectivity index (χ1v) is 16.6. The van der Waals surface area contributed by atoms with Gasteiger partial charge in [0.25, 0.3) is 0 Å². The molecule has 0 aromatic carbocycles. The fourth-order valence-corrected chi connectivity index (χ4v) is 7.89. The number of amides is 1. The Morgan fingerprint density at radius 1 is 1.04 bits per heavy atom. The predicted molar refractivity (Wildman–Crippen MR) is 175 cm³/mol. The van der Waals surface area contributed by atoms with E-state index in [0.717, 1.165) is 51.0 Å². The maximum atomic E-state index is 12.6. The van der Waals surface area contributed by atoms with Crippen LogP contribution in [0.4, 0.5) is 0 Å². The monoisotopic (exact) mass is 650 g/mol. The molecule has 2 aromatic heterocycles. The summed E-state index contributed by atoms with van der Waals surface area (Å²) < 4.78 is 0. The molecule has 6 rings (SSSR count). The second kappa shape index (κ2) is 12.3. The molecule has 13 heteroatoms. The van der Waals surface area contributed by atoms with Gasteiger partial charge in [0.1, 0.15) is 0 Å². The zero-order valence-electron chi connectivity index (χ0n) is 25.9. The highest BCUT2D eigenvalue weighted by Gasteiger charge is 2.59. The van der Waals surface area contributed by atoms with Gasteiger partial charge in [0.2, 0.25) is 11.8 Å². The van der Waals surface area contributed by atoms with Crippen molar-refractivity contribution in [2.24, 2.45) is 17.8 Å². The molecule has 1 unspecified atom stereocenters. The molecule has 4 saturated heterocycles. The van der Waals surface area contributed by atoms with Crippen molar-refractivity contribution in [2.75, 3.05) is 5.75 Å². The normalized spacial score (nSPS) is 30.9. The minimum absolute atomic E-state index is 0.0134. The number of carbonyl (C=O) groups excluding carboxylic acids is 1. The Kier molecular flexibility index (Phi) is 8.53. The number of aliphatic hydroxyl groups is 1. The molecule has 8 N–H and O–H groups in total. The molecule has 4 aliphatic rings. The molecular formula is C33H40N5O7S+. The van der Waals surface area contributed by atoms with Crippen LogP contribution in [-0.4, -0.2) is 66.0 Å². The standard InChI is InChI=1S/C33H39N5O7S/c1-5-21-20(13-39)26(37-33(21)38-45-33)10-22-15(2)18(6-8-29(40)41)24(34-22)12-25-19(7-9-30(42)43)16(3)23(35-25)11-27-31(28-14-46-28)17(4)32(44)36-27/h5,10-13,17,21,26,28,31,34-35,37-39H,1,6-9,14H2,2-4H3,(H,36,44)(H,40,41)(H,42,43)/p+1/b20-13?,22-10+,24-12+,27-11-/t17-,21?,26-,28+,31-,33-/m1/s1. The number of aliphatic hydroxyl groups excluding tert-OH is 1. The molecule has 4 fully saturated rings. The van der Waals surface area contributed by atoms with Crippen molar-refractivity contribution in [3.8, 4) is 0 Å². The molecular weight excluding hydrogens is 610 g/mol. The second-order valence-corrected chi connectivity index (χ2v) is 13.8. The predicted octanol–water partition coefficient (Wildman–Crippen LogP) is 0.928. The SMILES string of the molecule is C=CC1C(=CO)[C@@H](/C=c2/[nH]/c(=C/c3[nH]c(/C=C4\NC(=O)[C@H](C)[C@H]4[C@@H]4C[SH+]4)c(C)c3CCC(=O)O)c(CCC(=O)O)c2C)N[C@@]12NO2. The number of carboxylic acids is 2. The number of carbonyl (C=O) groups is 3. The number of aromatic nitrogens is 2. The number of rotatable bonds is 11. The summed E-state index contributed by atoms with van der Waals surface area (Å²) in [5.41, 5.74) is 9.32. The number of carboxylic acid groups (broad SMARTS) is 2. The van der Waals surface area contributed by atoms with Gasteiger partial charge >= 0.3 is 11.9 Å². The van der Waals surface area contributed by atoms with Crippen molar-refractivity contribution < 1.29 is 34.5 Å². The van der Waals surface area contributed by atoms with Crippen molar-refractivity contribution in [3.63, 3.8) is 0 Å². The molecule has 2 aromatic rings. The molecule has 4 aliphatic heterocycles. The number of allylic oxidation sites excluding steroid dienone is 1. The van der Waals surface area contributed by atoms with Crippen molar-refractivity contribution in [3.05, 3.63) is 74.5 Å². The van der Waals surface area contributed by atoms with Crippen molar-refractivity contribution >= 4 is 47.8 Å². The average Bonchev–Trinajstić information content (AvgIpc) is 3.89. The molecule has 6 atom stereocenters. The summed E-state index contributed by atoms with van der Waals surface area (Å²) in [6, 6.07) is -0.402. The lowest BCUT2D eigenvalue weighted by Crippen LogP contribution is -2.37. The van der Waals surface area contributed by atoms with Crippen LogP contribution >= 0.6 is 0 Å². The Hall–Kier alpha value is -4.04. The topological polar surface area (TPSA) is 202 Å². The first-order chi connectivity index (χ1) is 22.0. The molecule has 12 nitrogen and oxygen atoms in total. The van der Waals surface area contributed by atoms with E-state index in [4.69, 9.17) is 4.84 Å². The van der Waals surface area contributed by atoms with Gasteiger partial charge in [-0.2, -0.15) is 5.48 Å². The summed E-state index contributed by atoms with van der Waals surface area (Å²) in [5.74, 6) is -1.87. The number of hydroxylamine groups is 1. The third-order valence-corrected chi connectivity index (χ3v) is 10.7. The summed E-state index contributed by atoms with van der Waals surface area (Å²) >= 11 is 1.35. The van der Waals surface area contributed by atoms with E-state index in [1.807, 2.05) is 39.0 Å². The molecule has 6 heterocycles. The first-order valence-electron chi connectivity index (χ1n) is 15.4. The number of H-pyrrole nitrogens is 2. The van der Waals surface area contributed by atoms with Gasteiger partial charge in [-0.05, 0) is 84.5 Å². The minimum Gasteiger partial charge on any atom is -0.516 e. The fraction of sp³-hybridized carbons (Fsp3) is 0.424. The molecule has 46 heavy (non-hydrogen) atoms. The number of thiol groups is 1. The smallest absolute Gasteiger partial charge is 0.303 e. The quantitative estimate of drug-likeness (QED) is 0.0572. The van der Waals surface area contributed by atoms with Gasteiger partial charge in [0, 0.05) is 46.5 Å².